The molecule has 4 nitrogen and oxygen atoms in total. The Morgan fingerprint density at radius 2 is 1.55 bits per heavy atom. The molecule has 0 radical (unpaired) electrons. The smallest absolute Gasteiger partial charge is 0.335 e. The van der Waals surface area contributed by atoms with Gasteiger partial charge in [-0.25, -0.2) is 4.79 Å². The van der Waals surface area contributed by atoms with Crippen LogP contribution in [0.1, 0.15) is 58.4 Å². The number of hydrogen-bond donors (Lipinski definition) is 1. The fraction of sp³-hybridized carbons (Fsp3) is 0.500. The van der Waals surface area contributed by atoms with Crippen LogP contribution in [0.5, 0.6) is 0 Å². The molecule has 1 heterocycles. The van der Waals surface area contributed by atoms with Gasteiger partial charge in [-0.05, 0) is 37.5 Å². The molecule has 108 valence electrons. The zero-order chi connectivity index (χ0) is 14.5. The van der Waals surface area contributed by atoms with Gasteiger partial charge in [0.2, 0.25) is 0 Å². The van der Waals surface area contributed by atoms with Crippen LogP contribution in [0.15, 0.2) is 18.2 Å². The highest BCUT2D eigenvalue weighted by Crippen LogP contribution is 2.18. The molecule has 1 saturated heterocycles. The van der Waals surface area contributed by atoms with Crippen LogP contribution in [-0.2, 0) is 0 Å². The third-order valence-electron chi connectivity index (χ3n) is 3.94. The Hall–Kier alpha value is -1.84. The average Bonchev–Trinajstić information content (AvgIpc) is 2.37. The number of nitrogens with zero attached hydrogens (tertiary/aromatic N) is 1. The summed E-state index contributed by atoms with van der Waals surface area (Å²) >= 11 is 0. The largest absolute Gasteiger partial charge is 0.478 e. The Bertz CT molecular complexity index is 502. The van der Waals surface area contributed by atoms with Gasteiger partial charge in [0.05, 0.1) is 5.56 Å². The molecule has 0 aliphatic carbocycles. The molecule has 0 spiro atoms. The lowest BCUT2D eigenvalue weighted by Crippen LogP contribution is -2.34. The van der Waals surface area contributed by atoms with E-state index in [1.54, 1.807) is 25.1 Å². The van der Waals surface area contributed by atoms with E-state index < -0.39 is 5.97 Å². The van der Waals surface area contributed by atoms with Crippen LogP contribution < -0.4 is 0 Å². The number of carbonyl (C=O) groups excluding carboxylic acids is 1. The van der Waals surface area contributed by atoms with E-state index in [4.69, 9.17) is 5.11 Å². The minimum Gasteiger partial charge on any atom is -0.478 e. The molecule has 1 aromatic rings. The van der Waals surface area contributed by atoms with Gasteiger partial charge in [0.15, 0.2) is 0 Å². The average molecular weight is 275 g/mol. The number of rotatable bonds is 2. The van der Waals surface area contributed by atoms with Crippen LogP contribution in [0.2, 0.25) is 0 Å². The van der Waals surface area contributed by atoms with Gasteiger partial charge in [-0.2, -0.15) is 0 Å². The summed E-state index contributed by atoms with van der Waals surface area (Å²) in [6, 6.07) is 4.92. The monoisotopic (exact) mass is 275 g/mol. The van der Waals surface area contributed by atoms with Gasteiger partial charge in [-0.3, -0.25) is 4.79 Å². The second-order valence-electron chi connectivity index (χ2n) is 5.34. The van der Waals surface area contributed by atoms with E-state index in [1.807, 2.05) is 4.90 Å². The van der Waals surface area contributed by atoms with E-state index in [-0.39, 0.29) is 11.5 Å². The summed E-state index contributed by atoms with van der Waals surface area (Å²) in [6.07, 6.45) is 5.64. The SMILES string of the molecule is Cc1c(C(=O)O)cccc1C(=O)N1CCCCCCC1. The number of carboxylic acids is 1. The van der Waals surface area contributed by atoms with Crippen molar-refractivity contribution in [2.45, 2.75) is 39.0 Å². The Morgan fingerprint density at radius 1 is 1.00 bits per heavy atom. The summed E-state index contributed by atoms with van der Waals surface area (Å²) in [6.45, 7) is 3.26. The molecular formula is C16H21NO3. The van der Waals surface area contributed by atoms with Crippen molar-refractivity contribution in [2.24, 2.45) is 0 Å². The number of likely N-dealkylation sites (tertiary alicyclic amines) is 1. The van der Waals surface area contributed by atoms with Gasteiger partial charge in [-0.15, -0.1) is 0 Å². The molecule has 0 atom stereocenters. The van der Waals surface area contributed by atoms with Crippen LogP contribution in [0.25, 0.3) is 0 Å². The highest BCUT2D eigenvalue weighted by molar-refractivity contribution is 5.99. The summed E-state index contributed by atoms with van der Waals surface area (Å²) in [5.41, 5.74) is 1.29. The van der Waals surface area contributed by atoms with Crippen molar-refractivity contribution in [1.29, 1.82) is 0 Å². The minimum absolute atomic E-state index is 0.0347. The van der Waals surface area contributed by atoms with Crippen molar-refractivity contribution in [2.75, 3.05) is 13.1 Å². The normalized spacial score (nSPS) is 16.4. The molecular weight excluding hydrogens is 254 g/mol. The van der Waals surface area contributed by atoms with E-state index in [1.165, 1.54) is 6.42 Å². The lowest BCUT2D eigenvalue weighted by atomic mass is 10.0. The van der Waals surface area contributed by atoms with Gasteiger partial charge in [0.1, 0.15) is 0 Å². The van der Waals surface area contributed by atoms with E-state index in [0.717, 1.165) is 38.8 Å². The molecule has 2 rings (SSSR count). The fourth-order valence-corrected chi connectivity index (χ4v) is 2.72. The molecule has 1 aliphatic rings. The Labute approximate surface area is 119 Å². The van der Waals surface area contributed by atoms with Gasteiger partial charge >= 0.3 is 5.97 Å². The molecule has 1 aliphatic heterocycles. The van der Waals surface area contributed by atoms with Crippen molar-refractivity contribution in [3.05, 3.63) is 34.9 Å². The third kappa shape index (κ3) is 3.18. The molecule has 0 saturated carbocycles. The molecule has 4 heteroatoms. The topological polar surface area (TPSA) is 57.6 Å². The maximum atomic E-state index is 12.6. The zero-order valence-electron chi connectivity index (χ0n) is 11.9. The Kier molecular flexibility index (Phi) is 4.77. The van der Waals surface area contributed by atoms with Crippen LogP contribution in [0, 0.1) is 6.92 Å². The zero-order valence-corrected chi connectivity index (χ0v) is 11.9. The van der Waals surface area contributed by atoms with Crippen molar-refractivity contribution >= 4 is 11.9 Å². The van der Waals surface area contributed by atoms with Gasteiger partial charge in [0, 0.05) is 18.7 Å². The predicted octanol–water partition coefficient (Wildman–Crippen LogP) is 3.10. The van der Waals surface area contributed by atoms with Crippen LogP contribution in [0.4, 0.5) is 0 Å². The highest BCUT2D eigenvalue weighted by atomic mass is 16.4. The molecule has 0 bridgehead atoms. The Morgan fingerprint density at radius 3 is 2.15 bits per heavy atom. The van der Waals surface area contributed by atoms with E-state index >= 15 is 0 Å². The molecule has 1 N–H and O–H groups in total. The summed E-state index contributed by atoms with van der Waals surface area (Å²) in [4.78, 5) is 25.6. The van der Waals surface area contributed by atoms with Crippen LogP contribution >= 0.6 is 0 Å². The Balaban J connectivity index is 2.23. The standard InChI is InChI=1S/C16H21NO3/c1-12-13(8-7-9-14(12)16(19)20)15(18)17-10-5-3-2-4-6-11-17/h7-9H,2-6,10-11H2,1H3,(H,19,20). The first kappa shape index (κ1) is 14.6. The first-order chi connectivity index (χ1) is 9.61. The summed E-state index contributed by atoms with van der Waals surface area (Å²) in [5, 5.41) is 9.14. The second-order valence-corrected chi connectivity index (χ2v) is 5.34. The van der Waals surface area contributed by atoms with Gasteiger partial charge in [-0.1, -0.05) is 25.3 Å². The minimum atomic E-state index is -0.982. The van der Waals surface area contributed by atoms with Crippen molar-refractivity contribution in [1.82, 2.24) is 4.90 Å². The van der Waals surface area contributed by atoms with E-state index in [0.29, 0.717) is 11.1 Å². The number of amides is 1. The van der Waals surface area contributed by atoms with E-state index in [9.17, 15) is 9.59 Å². The number of carbonyl (C=O) groups is 2. The molecule has 1 aromatic carbocycles. The fourth-order valence-electron chi connectivity index (χ4n) is 2.72. The number of hydrogen-bond acceptors (Lipinski definition) is 2. The van der Waals surface area contributed by atoms with Crippen LogP contribution in [-0.4, -0.2) is 35.0 Å². The first-order valence-corrected chi connectivity index (χ1v) is 7.23. The predicted molar refractivity (Wildman–Crippen MR) is 77.1 cm³/mol. The summed E-state index contributed by atoms with van der Waals surface area (Å²) in [5.74, 6) is -1.02. The van der Waals surface area contributed by atoms with Gasteiger partial charge in [0.25, 0.3) is 5.91 Å². The van der Waals surface area contributed by atoms with Crippen LogP contribution in [0.3, 0.4) is 0 Å². The molecule has 0 unspecified atom stereocenters. The lowest BCUT2D eigenvalue weighted by Gasteiger charge is -2.25. The van der Waals surface area contributed by atoms with Crippen molar-refractivity contribution in [3.63, 3.8) is 0 Å². The highest BCUT2D eigenvalue weighted by Gasteiger charge is 2.20. The quantitative estimate of drug-likeness (QED) is 0.902. The van der Waals surface area contributed by atoms with Crippen molar-refractivity contribution in [3.8, 4) is 0 Å². The third-order valence-corrected chi connectivity index (χ3v) is 3.94. The molecule has 20 heavy (non-hydrogen) atoms. The summed E-state index contributed by atoms with van der Waals surface area (Å²) in [7, 11) is 0. The maximum absolute atomic E-state index is 12.6. The van der Waals surface area contributed by atoms with E-state index in [2.05, 4.69) is 0 Å². The number of aromatic carboxylic acids is 1. The lowest BCUT2D eigenvalue weighted by molar-refractivity contribution is 0.0696. The number of carboxylic acid groups (broad SMARTS) is 1. The van der Waals surface area contributed by atoms with Crippen molar-refractivity contribution < 1.29 is 14.7 Å². The maximum Gasteiger partial charge on any atom is 0.335 e. The molecule has 1 amide bonds. The molecule has 1 fully saturated rings. The van der Waals surface area contributed by atoms with Gasteiger partial charge < -0.3 is 10.0 Å². The first-order valence-electron chi connectivity index (χ1n) is 7.23. The molecule has 0 aromatic heterocycles. The number of benzene rings is 1. The second kappa shape index (κ2) is 6.55. The summed E-state index contributed by atoms with van der Waals surface area (Å²) < 4.78 is 0.